The number of aliphatic hydroxyl groups excluding tert-OH is 1. The summed E-state index contributed by atoms with van der Waals surface area (Å²) in [5.74, 6) is -0.0148. The number of carbonyl (C=O) groups excluding carboxylic acids is 1. The van der Waals surface area contributed by atoms with E-state index in [0.717, 1.165) is 18.4 Å². The molecule has 9 heteroatoms. The number of aliphatic hydroxyl groups is 1. The third-order valence-electron chi connectivity index (χ3n) is 6.80. The molecular weight excluding hydrogens is 454 g/mol. The summed E-state index contributed by atoms with van der Waals surface area (Å²) >= 11 is 0. The van der Waals surface area contributed by atoms with Crippen LogP contribution in [0, 0.1) is 5.92 Å². The first kappa shape index (κ1) is 24.8. The Morgan fingerprint density at radius 3 is 2.38 bits per heavy atom. The number of morpholine rings is 1. The van der Waals surface area contributed by atoms with Crippen molar-refractivity contribution < 1.29 is 23.1 Å². The van der Waals surface area contributed by atoms with Gasteiger partial charge in [0.2, 0.25) is 15.9 Å². The van der Waals surface area contributed by atoms with Crippen molar-refractivity contribution in [2.24, 2.45) is 5.92 Å². The van der Waals surface area contributed by atoms with Crippen LogP contribution < -0.4 is 5.32 Å². The second kappa shape index (κ2) is 11.0. The fraction of sp³-hybridized carbons (Fsp3) is 0.480. The van der Waals surface area contributed by atoms with E-state index in [0.29, 0.717) is 45.1 Å². The molecule has 2 aliphatic heterocycles. The van der Waals surface area contributed by atoms with Gasteiger partial charge >= 0.3 is 0 Å². The molecular formula is C25H33N3O5S. The van der Waals surface area contributed by atoms with Gasteiger partial charge in [-0.15, -0.1) is 0 Å². The predicted molar refractivity (Wildman–Crippen MR) is 130 cm³/mol. The number of sulfonamides is 1. The van der Waals surface area contributed by atoms with Gasteiger partial charge in [0.1, 0.15) is 0 Å². The molecule has 1 amide bonds. The average Bonchev–Trinajstić information content (AvgIpc) is 2.89. The molecule has 184 valence electrons. The number of ether oxygens (including phenoxy) is 1. The van der Waals surface area contributed by atoms with Crippen molar-refractivity contribution in [1.82, 2.24) is 9.21 Å². The van der Waals surface area contributed by atoms with Gasteiger partial charge in [-0.25, -0.2) is 8.42 Å². The number of hydrogen-bond acceptors (Lipinski definition) is 6. The third-order valence-corrected chi connectivity index (χ3v) is 8.69. The molecule has 0 spiro atoms. The Balaban J connectivity index is 1.34. The van der Waals surface area contributed by atoms with Crippen LogP contribution in [0.25, 0.3) is 0 Å². The number of carbonyl (C=O) groups is 1. The highest BCUT2D eigenvalue weighted by atomic mass is 32.2. The number of nitrogens with zero attached hydrogens (tertiary/aromatic N) is 2. The number of likely N-dealkylation sites (tertiary alicyclic amines) is 1. The zero-order valence-corrected chi connectivity index (χ0v) is 20.3. The molecule has 2 N–H and O–H groups in total. The molecule has 2 aliphatic rings. The van der Waals surface area contributed by atoms with E-state index in [2.05, 4.69) is 10.2 Å². The largest absolute Gasteiger partial charge is 0.388 e. The smallest absolute Gasteiger partial charge is 0.243 e. The van der Waals surface area contributed by atoms with E-state index < -0.39 is 16.1 Å². The zero-order valence-electron chi connectivity index (χ0n) is 19.5. The number of rotatable bonds is 7. The number of benzene rings is 2. The summed E-state index contributed by atoms with van der Waals surface area (Å²) < 4.78 is 32.5. The highest BCUT2D eigenvalue weighted by Gasteiger charge is 2.31. The Hall–Kier alpha value is -2.30. The van der Waals surface area contributed by atoms with Crippen molar-refractivity contribution in [3.05, 3.63) is 60.2 Å². The monoisotopic (exact) mass is 487 g/mol. The Morgan fingerprint density at radius 1 is 1.03 bits per heavy atom. The summed E-state index contributed by atoms with van der Waals surface area (Å²) in [4.78, 5) is 15.2. The van der Waals surface area contributed by atoms with Crippen LogP contribution in [0.1, 0.15) is 31.4 Å². The van der Waals surface area contributed by atoms with Gasteiger partial charge in [-0.05, 0) is 62.5 Å². The minimum atomic E-state index is -3.63. The van der Waals surface area contributed by atoms with Crippen molar-refractivity contribution in [2.45, 2.75) is 36.8 Å². The van der Waals surface area contributed by atoms with Gasteiger partial charge in [-0.1, -0.05) is 36.4 Å². The molecule has 4 rings (SSSR count). The summed E-state index contributed by atoms with van der Waals surface area (Å²) in [5.41, 5.74) is 1.39. The Morgan fingerprint density at radius 2 is 1.71 bits per heavy atom. The van der Waals surface area contributed by atoms with Crippen molar-refractivity contribution in [2.75, 3.05) is 44.7 Å². The summed E-state index contributed by atoms with van der Waals surface area (Å²) in [6.07, 6.45) is 1.12. The second-order valence-corrected chi connectivity index (χ2v) is 10.9. The molecule has 2 fully saturated rings. The van der Waals surface area contributed by atoms with Gasteiger partial charge in [0.25, 0.3) is 0 Å². The van der Waals surface area contributed by atoms with E-state index in [1.165, 1.54) is 10.4 Å². The van der Waals surface area contributed by atoms with Crippen molar-refractivity contribution in [3.63, 3.8) is 0 Å². The molecule has 2 heterocycles. The molecule has 0 aliphatic carbocycles. The fourth-order valence-corrected chi connectivity index (χ4v) is 6.08. The van der Waals surface area contributed by atoms with Crippen LogP contribution in [-0.2, 0) is 19.6 Å². The maximum atomic E-state index is 12.9. The Labute approximate surface area is 201 Å². The van der Waals surface area contributed by atoms with E-state index in [1.807, 2.05) is 37.3 Å². The second-order valence-electron chi connectivity index (χ2n) is 8.94. The van der Waals surface area contributed by atoms with E-state index in [-0.39, 0.29) is 22.8 Å². The van der Waals surface area contributed by atoms with E-state index in [1.54, 1.807) is 18.2 Å². The van der Waals surface area contributed by atoms with Gasteiger partial charge < -0.3 is 15.2 Å². The number of anilines is 1. The quantitative estimate of drug-likeness (QED) is 0.623. The summed E-state index contributed by atoms with van der Waals surface area (Å²) in [5, 5.41) is 13.6. The molecule has 2 aromatic rings. The topological polar surface area (TPSA) is 99.2 Å². The summed E-state index contributed by atoms with van der Waals surface area (Å²) in [6.45, 7) is 4.70. The van der Waals surface area contributed by atoms with Gasteiger partial charge in [-0.2, -0.15) is 4.31 Å². The lowest BCUT2D eigenvalue weighted by molar-refractivity contribution is -0.121. The van der Waals surface area contributed by atoms with E-state index >= 15 is 0 Å². The lowest BCUT2D eigenvalue weighted by Crippen LogP contribution is -2.46. The van der Waals surface area contributed by atoms with Crippen LogP contribution in [0.3, 0.4) is 0 Å². The van der Waals surface area contributed by atoms with Crippen molar-refractivity contribution >= 4 is 21.6 Å². The number of amides is 1. The lowest BCUT2D eigenvalue weighted by atomic mass is 9.87. The van der Waals surface area contributed by atoms with E-state index in [4.69, 9.17) is 4.74 Å². The van der Waals surface area contributed by atoms with Crippen LogP contribution in [0.15, 0.2) is 59.5 Å². The molecule has 2 aromatic carbocycles. The van der Waals surface area contributed by atoms with Crippen LogP contribution in [-0.4, -0.2) is 74.1 Å². The van der Waals surface area contributed by atoms with Crippen LogP contribution >= 0.6 is 0 Å². The SMILES string of the molecule is CC(C(=O)Nc1cccc(S(=O)(=O)N2CCOCC2)c1)N1CCC(C(O)c2ccccc2)CC1. The molecule has 2 atom stereocenters. The van der Waals surface area contributed by atoms with Gasteiger partial charge in [0.05, 0.1) is 30.3 Å². The van der Waals surface area contributed by atoms with Gasteiger partial charge in [0.15, 0.2) is 0 Å². The first-order valence-corrected chi connectivity index (χ1v) is 13.3. The van der Waals surface area contributed by atoms with Crippen molar-refractivity contribution in [3.8, 4) is 0 Å². The standard InChI is InChI=1S/C25H33N3O5S/c1-19(27-12-10-21(11-13-27)24(29)20-6-3-2-4-7-20)25(30)26-22-8-5-9-23(18-22)34(31,32)28-14-16-33-17-15-28/h2-9,18-19,21,24,29H,10-17H2,1H3,(H,26,30). The lowest BCUT2D eigenvalue weighted by Gasteiger charge is -2.37. The van der Waals surface area contributed by atoms with Gasteiger partial charge in [-0.3, -0.25) is 9.69 Å². The Kier molecular flexibility index (Phi) is 8.00. The number of nitrogens with one attached hydrogen (secondary N) is 1. The number of hydrogen-bond donors (Lipinski definition) is 2. The molecule has 2 saturated heterocycles. The minimum Gasteiger partial charge on any atom is -0.388 e. The first-order chi connectivity index (χ1) is 16.4. The van der Waals surface area contributed by atoms with E-state index in [9.17, 15) is 18.3 Å². The highest BCUT2D eigenvalue weighted by molar-refractivity contribution is 7.89. The molecule has 8 nitrogen and oxygen atoms in total. The average molecular weight is 488 g/mol. The summed E-state index contributed by atoms with van der Waals surface area (Å²) in [7, 11) is -3.63. The van der Waals surface area contributed by atoms with Gasteiger partial charge in [0, 0.05) is 18.8 Å². The third kappa shape index (κ3) is 5.67. The molecule has 0 radical (unpaired) electrons. The maximum absolute atomic E-state index is 12.9. The Bertz CT molecular complexity index is 1060. The molecule has 2 unspecified atom stereocenters. The zero-order chi connectivity index (χ0) is 24.1. The predicted octanol–water partition coefficient (Wildman–Crippen LogP) is 2.48. The molecule has 0 bridgehead atoms. The fourth-order valence-electron chi connectivity index (χ4n) is 4.63. The van der Waals surface area contributed by atoms with Crippen LogP contribution in [0.4, 0.5) is 5.69 Å². The molecule has 34 heavy (non-hydrogen) atoms. The maximum Gasteiger partial charge on any atom is 0.243 e. The summed E-state index contributed by atoms with van der Waals surface area (Å²) in [6, 6.07) is 15.7. The normalized spacial score (nSPS) is 20.5. The van der Waals surface area contributed by atoms with Crippen LogP contribution in [0.5, 0.6) is 0 Å². The van der Waals surface area contributed by atoms with Crippen molar-refractivity contribution in [1.29, 1.82) is 0 Å². The van der Waals surface area contributed by atoms with Crippen LogP contribution in [0.2, 0.25) is 0 Å². The highest BCUT2D eigenvalue weighted by Crippen LogP contribution is 2.31. The molecule has 0 aromatic heterocycles. The first-order valence-electron chi connectivity index (χ1n) is 11.8. The minimum absolute atomic E-state index is 0.163. The molecule has 0 saturated carbocycles. The number of piperidine rings is 1.